The van der Waals surface area contributed by atoms with Crippen molar-refractivity contribution in [2.45, 2.75) is 32.5 Å². The first-order valence-corrected chi connectivity index (χ1v) is 7.32. The normalized spacial score (nSPS) is 11.4. The van der Waals surface area contributed by atoms with E-state index < -0.39 is 12.1 Å². The number of aromatic nitrogens is 3. The Morgan fingerprint density at radius 1 is 1.29 bits per heavy atom. The number of alkyl halides is 3. The molecule has 2 rings (SSSR count). The number of ether oxygens (including phenoxy) is 1. The molecule has 0 saturated heterocycles. The lowest BCUT2D eigenvalue weighted by molar-refractivity contribution is -0.167. The molecule has 130 valence electrons. The number of nitrogens with one attached hydrogen (secondary N) is 1. The van der Waals surface area contributed by atoms with Crippen LogP contribution in [0.25, 0.3) is 11.4 Å². The second kappa shape index (κ2) is 7.33. The van der Waals surface area contributed by atoms with E-state index in [1.165, 1.54) is 11.8 Å². The maximum absolute atomic E-state index is 12.4. The molecular formula is C15H17F3N4O2. The summed E-state index contributed by atoms with van der Waals surface area (Å²) in [6.07, 6.45) is -3.47. The van der Waals surface area contributed by atoms with Crippen LogP contribution in [0.2, 0.25) is 0 Å². The zero-order valence-electron chi connectivity index (χ0n) is 13.2. The quantitative estimate of drug-likeness (QED) is 0.875. The van der Waals surface area contributed by atoms with E-state index >= 15 is 0 Å². The molecule has 0 unspecified atom stereocenters. The van der Waals surface area contributed by atoms with E-state index in [0.717, 1.165) is 6.42 Å². The van der Waals surface area contributed by atoms with Gasteiger partial charge in [0.15, 0.2) is 5.82 Å². The molecule has 9 heteroatoms. The third kappa shape index (κ3) is 4.24. The number of amides is 1. The van der Waals surface area contributed by atoms with Gasteiger partial charge in [-0.05, 0) is 30.7 Å². The minimum Gasteiger partial charge on any atom is -0.497 e. The Hall–Kier alpha value is -2.58. The predicted octanol–water partition coefficient (Wildman–Crippen LogP) is 3.25. The van der Waals surface area contributed by atoms with Gasteiger partial charge in [-0.1, -0.05) is 13.3 Å². The van der Waals surface area contributed by atoms with E-state index in [0.29, 0.717) is 24.3 Å². The average Bonchev–Trinajstić information content (AvgIpc) is 2.95. The number of aryl methyl sites for hydroxylation is 1. The lowest BCUT2D eigenvalue weighted by Gasteiger charge is -2.08. The van der Waals surface area contributed by atoms with Crippen LogP contribution in [0.1, 0.15) is 19.8 Å². The smallest absolute Gasteiger partial charge is 0.471 e. The van der Waals surface area contributed by atoms with E-state index in [-0.39, 0.29) is 11.8 Å². The maximum Gasteiger partial charge on any atom is 0.471 e. The summed E-state index contributed by atoms with van der Waals surface area (Å²) >= 11 is 0. The van der Waals surface area contributed by atoms with Crippen LogP contribution >= 0.6 is 0 Å². The van der Waals surface area contributed by atoms with Crippen molar-refractivity contribution >= 4 is 11.9 Å². The lowest BCUT2D eigenvalue weighted by atomic mass is 10.2. The van der Waals surface area contributed by atoms with Crippen molar-refractivity contribution in [3.63, 3.8) is 0 Å². The summed E-state index contributed by atoms with van der Waals surface area (Å²) < 4.78 is 43.7. The highest BCUT2D eigenvalue weighted by molar-refractivity contribution is 5.93. The SMILES string of the molecule is CCCCn1nc(-c2ccc(OC)cc2)nc1NC(=O)C(F)(F)F. The van der Waals surface area contributed by atoms with E-state index in [4.69, 9.17) is 4.74 Å². The van der Waals surface area contributed by atoms with Gasteiger partial charge in [0.05, 0.1) is 7.11 Å². The number of benzene rings is 1. The number of halogens is 3. The molecule has 6 nitrogen and oxygen atoms in total. The van der Waals surface area contributed by atoms with Crippen LogP contribution in [0.4, 0.5) is 19.1 Å². The van der Waals surface area contributed by atoms with Crippen molar-refractivity contribution in [1.82, 2.24) is 14.8 Å². The van der Waals surface area contributed by atoms with E-state index in [1.54, 1.807) is 29.6 Å². The van der Waals surface area contributed by atoms with Gasteiger partial charge in [-0.15, -0.1) is 5.10 Å². The summed E-state index contributed by atoms with van der Waals surface area (Å²) in [5, 5.41) is 5.96. The van der Waals surface area contributed by atoms with Crippen LogP contribution in [0.3, 0.4) is 0 Å². The molecule has 0 aliphatic heterocycles. The van der Waals surface area contributed by atoms with Crippen LogP contribution < -0.4 is 10.1 Å². The molecule has 24 heavy (non-hydrogen) atoms. The summed E-state index contributed by atoms with van der Waals surface area (Å²) in [5.74, 6) is -1.44. The van der Waals surface area contributed by atoms with E-state index in [1.807, 2.05) is 6.92 Å². The fraction of sp³-hybridized carbons (Fsp3) is 0.400. The maximum atomic E-state index is 12.4. The van der Waals surface area contributed by atoms with Crippen molar-refractivity contribution in [3.05, 3.63) is 24.3 Å². The fourth-order valence-corrected chi connectivity index (χ4v) is 1.93. The van der Waals surface area contributed by atoms with Gasteiger partial charge >= 0.3 is 12.1 Å². The van der Waals surface area contributed by atoms with Gasteiger partial charge in [0.25, 0.3) is 0 Å². The molecule has 0 aliphatic rings. The first-order valence-electron chi connectivity index (χ1n) is 7.32. The summed E-state index contributed by atoms with van der Waals surface area (Å²) in [6.45, 7) is 2.29. The molecule has 0 bridgehead atoms. The molecule has 1 heterocycles. The molecule has 1 aromatic heterocycles. The Morgan fingerprint density at radius 2 is 1.96 bits per heavy atom. The second-order valence-corrected chi connectivity index (χ2v) is 5.02. The molecule has 0 radical (unpaired) electrons. The first-order chi connectivity index (χ1) is 11.3. The van der Waals surface area contributed by atoms with Gasteiger partial charge in [0.1, 0.15) is 5.75 Å². The Kier molecular flexibility index (Phi) is 5.42. The highest BCUT2D eigenvalue weighted by Gasteiger charge is 2.39. The van der Waals surface area contributed by atoms with Crippen LogP contribution in [0, 0.1) is 0 Å². The van der Waals surface area contributed by atoms with Crippen LogP contribution in [0.15, 0.2) is 24.3 Å². The highest BCUT2D eigenvalue weighted by Crippen LogP contribution is 2.23. The summed E-state index contributed by atoms with van der Waals surface area (Å²) in [5.41, 5.74) is 0.605. The number of carbonyl (C=O) groups excluding carboxylic acids is 1. The molecule has 0 aliphatic carbocycles. The van der Waals surface area contributed by atoms with Gasteiger partial charge in [0.2, 0.25) is 5.95 Å². The number of methoxy groups -OCH3 is 1. The van der Waals surface area contributed by atoms with Crippen LogP contribution in [-0.4, -0.2) is 34.0 Å². The third-order valence-corrected chi connectivity index (χ3v) is 3.23. The zero-order chi connectivity index (χ0) is 17.7. The topological polar surface area (TPSA) is 69.0 Å². The van der Waals surface area contributed by atoms with E-state index in [9.17, 15) is 18.0 Å². The highest BCUT2D eigenvalue weighted by atomic mass is 19.4. The van der Waals surface area contributed by atoms with Crippen LogP contribution in [0.5, 0.6) is 5.75 Å². The van der Waals surface area contributed by atoms with Crippen LogP contribution in [-0.2, 0) is 11.3 Å². The Labute approximate surface area is 136 Å². The van der Waals surface area contributed by atoms with Gasteiger partial charge in [-0.25, -0.2) is 4.68 Å². The Morgan fingerprint density at radius 3 is 2.50 bits per heavy atom. The standard InChI is InChI=1S/C15H17F3N4O2/c1-3-4-9-22-14(20-13(23)15(16,17)18)19-12(21-22)10-5-7-11(24-2)8-6-10/h5-8H,3-4,9H2,1-2H3,(H,19,20,21,23). The van der Waals surface area contributed by atoms with E-state index in [2.05, 4.69) is 10.1 Å². The third-order valence-electron chi connectivity index (χ3n) is 3.23. The minimum absolute atomic E-state index is 0.225. The Balaban J connectivity index is 2.31. The average molecular weight is 342 g/mol. The molecule has 0 fully saturated rings. The first kappa shape index (κ1) is 17.8. The van der Waals surface area contributed by atoms with Gasteiger partial charge in [-0.2, -0.15) is 18.2 Å². The fourth-order valence-electron chi connectivity index (χ4n) is 1.93. The van der Waals surface area contributed by atoms with Crippen molar-refractivity contribution in [2.75, 3.05) is 12.4 Å². The number of nitrogens with zero attached hydrogens (tertiary/aromatic N) is 3. The van der Waals surface area contributed by atoms with Crippen molar-refractivity contribution < 1.29 is 22.7 Å². The van der Waals surface area contributed by atoms with Gasteiger partial charge < -0.3 is 4.74 Å². The Bertz CT molecular complexity index is 696. The molecule has 0 saturated carbocycles. The van der Waals surface area contributed by atoms with Gasteiger partial charge in [0, 0.05) is 12.1 Å². The molecule has 2 aromatic rings. The van der Waals surface area contributed by atoms with Crippen molar-refractivity contribution in [3.8, 4) is 17.1 Å². The van der Waals surface area contributed by atoms with Crippen molar-refractivity contribution in [2.24, 2.45) is 0 Å². The number of hydrogen-bond acceptors (Lipinski definition) is 4. The number of unbranched alkanes of at least 4 members (excludes halogenated alkanes) is 1. The summed E-state index contributed by atoms with van der Waals surface area (Å²) in [4.78, 5) is 15.2. The number of hydrogen-bond donors (Lipinski definition) is 1. The predicted molar refractivity (Wildman–Crippen MR) is 81.6 cm³/mol. The number of carbonyl (C=O) groups is 1. The summed E-state index contributed by atoms with van der Waals surface area (Å²) in [7, 11) is 1.53. The molecule has 1 amide bonds. The minimum atomic E-state index is -4.98. The monoisotopic (exact) mass is 342 g/mol. The second-order valence-electron chi connectivity index (χ2n) is 5.02. The van der Waals surface area contributed by atoms with Gasteiger partial charge in [-0.3, -0.25) is 10.1 Å². The molecular weight excluding hydrogens is 325 g/mol. The lowest BCUT2D eigenvalue weighted by Crippen LogP contribution is -2.31. The zero-order valence-corrected chi connectivity index (χ0v) is 13.2. The largest absolute Gasteiger partial charge is 0.497 e. The molecule has 0 spiro atoms. The molecule has 1 aromatic carbocycles. The molecule has 1 N–H and O–H groups in total. The molecule has 0 atom stereocenters. The number of anilines is 1. The number of rotatable bonds is 6. The van der Waals surface area contributed by atoms with Crippen molar-refractivity contribution in [1.29, 1.82) is 0 Å². The summed E-state index contributed by atoms with van der Waals surface area (Å²) in [6, 6.07) is 6.76.